The van der Waals surface area contributed by atoms with E-state index in [1.807, 2.05) is 13.1 Å². The molecule has 0 aliphatic rings. The van der Waals surface area contributed by atoms with E-state index in [1.54, 1.807) is 0 Å². The van der Waals surface area contributed by atoms with Gasteiger partial charge in [-0.3, -0.25) is 5.32 Å². The van der Waals surface area contributed by atoms with Crippen molar-refractivity contribution in [3.63, 3.8) is 0 Å². The van der Waals surface area contributed by atoms with E-state index in [0.29, 0.717) is 0 Å². The summed E-state index contributed by atoms with van der Waals surface area (Å²) in [5.41, 5.74) is 2.81. The molecule has 0 aromatic heterocycles. The maximum atomic E-state index is 8.44. The van der Waals surface area contributed by atoms with Crippen LogP contribution in [0.3, 0.4) is 0 Å². The Labute approximate surface area is 110 Å². The number of benzene rings is 1. The average Bonchev–Trinajstić information content (AvgIpc) is 2.37. The van der Waals surface area contributed by atoms with E-state index in [-0.39, 0.29) is 6.17 Å². The van der Waals surface area contributed by atoms with Gasteiger partial charge in [-0.1, -0.05) is 37.6 Å². The fraction of sp³-hybridized carbons (Fsp3) is 0.533. The minimum atomic E-state index is 0.0573. The smallest absolute Gasteiger partial charge is 0.177 e. The normalized spacial score (nSPS) is 11.8. The van der Waals surface area contributed by atoms with Crippen molar-refractivity contribution in [1.82, 2.24) is 10.6 Å². The van der Waals surface area contributed by atoms with Gasteiger partial charge in [0.1, 0.15) is 0 Å². The summed E-state index contributed by atoms with van der Waals surface area (Å²) in [6, 6.07) is 8.90. The molecule has 0 saturated heterocycles. The Kier molecular flexibility index (Phi) is 6.90. The molecule has 0 aliphatic carbocycles. The van der Waals surface area contributed by atoms with Crippen LogP contribution in [0.2, 0.25) is 0 Å². The van der Waals surface area contributed by atoms with Crippen LogP contribution in [0.25, 0.3) is 0 Å². The van der Waals surface area contributed by atoms with Gasteiger partial charge in [0, 0.05) is 0 Å². The van der Waals surface area contributed by atoms with Crippen molar-refractivity contribution in [3.05, 3.63) is 35.4 Å². The lowest BCUT2D eigenvalue weighted by atomic mass is 10.0. The summed E-state index contributed by atoms with van der Waals surface area (Å²) in [4.78, 5) is 0. The predicted molar refractivity (Wildman–Crippen MR) is 75.0 cm³/mol. The zero-order valence-electron chi connectivity index (χ0n) is 11.4. The predicted octanol–water partition coefficient (Wildman–Crippen LogP) is 2.58. The van der Waals surface area contributed by atoms with Gasteiger partial charge in [0.25, 0.3) is 0 Å². The number of nitrogens with one attached hydrogen (secondary N) is 2. The molecule has 0 fully saturated rings. The van der Waals surface area contributed by atoms with Crippen molar-refractivity contribution in [1.29, 1.82) is 5.26 Å². The van der Waals surface area contributed by atoms with Crippen LogP contribution in [0, 0.1) is 11.5 Å². The van der Waals surface area contributed by atoms with Crippen molar-refractivity contribution >= 4 is 0 Å². The number of hydrogen-bond donors (Lipinski definition) is 2. The third kappa shape index (κ3) is 5.70. The molecule has 0 amide bonds. The Hall–Kier alpha value is -1.53. The first-order chi connectivity index (χ1) is 8.76. The largest absolute Gasteiger partial charge is 0.308 e. The van der Waals surface area contributed by atoms with Crippen LogP contribution in [-0.2, 0) is 12.8 Å². The fourth-order valence-corrected chi connectivity index (χ4v) is 1.92. The Morgan fingerprint density at radius 3 is 2.33 bits per heavy atom. The zero-order valence-corrected chi connectivity index (χ0v) is 11.4. The second kappa shape index (κ2) is 8.54. The molecule has 0 bridgehead atoms. The number of nitrogens with zero attached hydrogens (tertiary/aromatic N) is 1. The third-order valence-electron chi connectivity index (χ3n) is 2.94. The zero-order chi connectivity index (χ0) is 13.2. The van der Waals surface area contributed by atoms with E-state index in [0.717, 1.165) is 19.4 Å². The molecule has 1 rings (SSSR count). The van der Waals surface area contributed by atoms with Crippen LogP contribution in [0.4, 0.5) is 0 Å². The number of rotatable bonds is 8. The molecule has 1 aromatic rings. The van der Waals surface area contributed by atoms with Crippen LogP contribution in [-0.4, -0.2) is 12.7 Å². The lowest BCUT2D eigenvalue weighted by Crippen LogP contribution is -2.37. The highest BCUT2D eigenvalue weighted by Gasteiger charge is 1.98. The molecule has 1 aromatic carbocycles. The molecule has 2 N–H and O–H groups in total. The van der Waals surface area contributed by atoms with Crippen LogP contribution in [0.15, 0.2) is 24.3 Å². The van der Waals surface area contributed by atoms with Gasteiger partial charge in [0.2, 0.25) is 0 Å². The summed E-state index contributed by atoms with van der Waals surface area (Å²) in [6.45, 7) is 5.07. The quantitative estimate of drug-likeness (QED) is 0.320. The van der Waals surface area contributed by atoms with E-state index in [2.05, 4.69) is 41.8 Å². The van der Waals surface area contributed by atoms with Gasteiger partial charge in [0.15, 0.2) is 6.19 Å². The topological polar surface area (TPSA) is 47.8 Å². The first-order valence-electron chi connectivity index (χ1n) is 6.72. The number of aryl methyl sites for hydroxylation is 2. The van der Waals surface area contributed by atoms with Crippen LogP contribution < -0.4 is 10.6 Å². The summed E-state index contributed by atoms with van der Waals surface area (Å²) in [5.74, 6) is 0. The highest BCUT2D eigenvalue weighted by Crippen LogP contribution is 2.08. The van der Waals surface area contributed by atoms with Gasteiger partial charge in [-0.2, -0.15) is 5.26 Å². The molecule has 0 heterocycles. The van der Waals surface area contributed by atoms with Gasteiger partial charge >= 0.3 is 0 Å². The molecule has 0 aliphatic heterocycles. The van der Waals surface area contributed by atoms with Gasteiger partial charge in [0.05, 0.1) is 6.17 Å². The molecule has 3 heteroatoms. The van der Waals surface area contributed by atoms with E-state index in [1.165, 1.54) is 24.0 Å². The Morgan fingerprint density at radius 2 is 1.78 bits per heavy atom. The first kappa shape index (κ1) is 14.5. The van der Waals surface area contributed by atoms with E-state index < -0.39 is 0 Å². The van der Waals surface area contributed by atoms with Crippen LogP contribution in [0.5, 0.6) is 0 Å². The van der Waals surface area contributed by atoms with Crippen molar-refractivity contribution in [2.24, 2.45) is 0 Å². The molecular formula is C15H23N3. The SMILES string of the molecule is CCCc1ccc(CCCNC(C)NC#N)cc1. The third-order valence-corrected chi connectivity index (χ3v) is 2.94. The molecule has 18 heavy (non-hydrogen) atoms. The van der Waals surface area contributed by atoms with Crippen molar-refractivity contribution < 1.29 is 0 Å². The number of hydrogen-bond acceptors (Lipinski definition) is 3. The Balaban J connectivity index is 2.21. The summed E-state index contributed by atoms with van der Waals surface area (Å²) in [7, 11) is 0. The Morgan fingerprint density at radius 1 is 1.17 bits per heavy atom. The maximum Gasteiger partial charge on any atom is 0.177 e. The van der Waals surface area contributed by atoms with Crippen LogP contribution >= 0.6 is 0 Å². The highest BCUT2D eigenvalue weighted by atomic mass is 15.1. The lowest BCUT2D eigenvalue weighted by Gasteiger charge is -2.11. The van der Waals surface area contributed by atoms with Gasteiger partial charge in [-0.25, -0.2) is 0 Å². The molecule has 0 spiro atoms. The molecule has 0 radical (unpaired) electrons. The van der Waals surface area contributed by atoms with E-state index >= 15 is 0 Å². The van der Waals surface area contributed by atoms with Crippen molar-refractivity contribution in [2.45, 2.75) is 45.7 Å². The summed E-state index contributed by atoms with van der Waals surface area (Å²) in [5, 5.41) is 14.4. The molecular weight excluding hydrogens is 222 g/mol. The van der Waals surface area contributed by atoms with Gasteiger partial charge < -0.3 is 5.32 Å². The summed E-state index contributed by atoms with van der Waals surface area (Å²) >= 11 is 0. The second-order valence-corrected chi connectivity index (χ2v) is 4.60. The molecule has 0 saturated carbocycles. The van der Waals surface area contributed by atoms with Crippen molar-refractivity contribution in [3.8, 4) is 6.19 Å². The summed E-state index contributed by atoms with van der Waals surface area (Å²) < 4.78 is 0. The van der Waals surface area contributed by atoms with Gasteiger partial charge in [-0.05, 0) is 43.9 Å². The maximum absolute atomic E-state index is 8.44. The monoisotopic (exact) mass is 245 g/mol. The fourth-order valence-electron chi connectivity index (χ4n) is 1.92. The average molecular weight is 245 g/mol. The molecule has 1 atom stereocenters. The molecule has 98 valence electrons. The lowest BCUT2D eigenvalue weighted by molar-refractivity contribution is 0.504. The second-order valence-electron chi connectivity index (χ2n) is 4.60. The first-order valence-corrected chi connectivity index (χ1v) is 6.72. The number of nitriles is 1. The van der Waals surface area contributed by atoms with E-state index in [4.69, 9.17) is 5.26 Å². The Bertz CT molecular complexity index is 364. The standard InChI is InChI=1S/C15H23N3/c1-3-5-14-7-9-15(10-8-14)6-4-11-17-13(2)18-12-16/h7-10,13,17-18H,3-6,11H2,1-2H3. The summed E-state index contributed by atoms with van der Waals surface area (Å²) in [6.07, 6.45) is 6.53. The minimum absolute atomic E-state index is 0.0573. The highest BCUT2D eigenvalue weighted by molar-refractivity contribution is 5.22. The van der Waals surface area contributed by atoms with Crippen molar-refractivity contribution in [2.75, 3.05) is 6.54 Å². The molecule has 1 unspecified atom stereocenters. The molecule has 3 nitrogen and oxygen atoms in total. The minimum Gasteiger partial charge on any atom is -0.308 e. The van der Waals surface area contributed by atoms with Gasteiger partial charge in [-0.15, -0.1) is 0 Å². The van der Waals surface area contributed by atoms with E-state index in [9.17, 15) is 0 Å². The van der Waals surface area contributed by atoms with Crippen LogP contribution in [0.1, 0.15) is 37.8 Å².